The molecule has 116 valence electrons. The number of nitrogens with one attached hydrogen (secondary N) is 1. The molecule has 0 spiro atoms. The number of hydrogen-bond acceptors (Lipinski definition) is 4. The maximum atomic E-state index is 12.7. The lowest BCUT2D eigenvalue weighted by molar-refractivity contribution is -0.119. The van der Waals surface area contributed by atoms with E-state index in [1.807, 2.05) is 51.4 Å². The van der Waals surface area contributed by atoms with Crippen molar-refractivity contribution in [2.75, 3.05) is 25.5 Å². The highest BCUT2D eigenvalue weighted by atomic mass is 16.2. The van der Waals surface area contributed by atoms with Crippen LogP contribution >= 0.6 is 0 Å². The number of carbonyl (C=O) groups is 1. The summed E-state index contributed by atoms with van der Waals surface area (Å²) in [4.78, 5) is 14.8. The zero-order valence-electron chi connectivity index (χ0n) is 13.2. The van der Waals surface area contributed by atoms with E-state index in [0.717, 1.165) is 30.2 Å². The molecule has 22 heavy (non-hydrogen) atoms. The number of aromatic nitrogens is 3. The summed E-state index contributed by atoms with van der Waals surface area (Å²) in [7, 11) is 3.91. The summed E-state index contributed by atoms with van der Waals surface area (Å²) in [6, 6.07) is 9.57. The van der Waals surface area contributed by atoms with Gasteiger partial charge in [-0.15, -0.1) is 5.10 Å². The number of hydrogen-bond donors (Lipinski definition) is 1. The van der Waals surface area contributed by atoms with Gasteiger partial charge in [-0.2, -0.15) is 0 Å². The van der Waals surface area contributed by atoms with Crippen LogP contribution in [0.5, 0.6) is 0 Å². The van der Waals surface area contributed by atoms with Gasteiger partial charge in [0.25, 0.3) is 0 Å². The van der Waals surface area contributed by atoms with Crippen molar-refractivity contribution < 1.29 is 4.79 Å². The van der Waals surface area contributed by atoms with Crippen LogP contribution < -0.4 is 5.32 Å². The molecule has 0 unspecified atom stereocenters. The molecule has 0 saturated carbocycles. The fourth-order valence-corrected chi connectivity index (χ4v) is 3.06. The van der Waals surface area contributed by atoms with Crippen LogP contribution in [0.15, 0.2) is 30.3 Å². The molecule has 1 fully saturated rings. The molecule has 1 N–H and O–H groups in total. The molecule has 1 saturated heterocycles. The average Bonchev–Trinajstić information content (AvgIpc) is 3.04. The van der Waals surface area contributed by atoms with Crippen molar-refractivity contribution in [1.29, 1.82) is 0 Å². The highest BCUT2D eigenvalue weighted by Crippen LogP contribution is 2.33. The van der Waals surface area contributed by atoms with Gasteiger partial charge in [-0.05, 0) is 26.1 Å². The second kappa shape index (κ2) is 5.88. The second-order valence-electron chi connectivity index (χ2n) is 5.97. The topological polar surface area (TPSA) is 63.1 Å². The van der Waals surface area contributed by atoms with E-state index in [1.165, 1.54) is 0 Å². The van der Waals surface area contributed by atoms with Crippen LogP contribution in [0.25, 0.3) is 0 Å². The van der Waals surface area contributed by atoms with Crippen LogP contribution in [0.4, 0.5) is 5.69 Å². The van der Waals surface area contributed by atoms with Crippen LogP contribution in [-0.4, -0.2) is 45.9 Å². The molecule has 2 heterocycles. The van der Waals surface area contributed by atoms with Gasteiger partial charge in [-0.3, -0.25) is 9.48 Å². The average molecular weight is 299 g/mol. The molecule has 1 amide bonds. The van der Waals surface area contributed by atoms with E-state index >= 15 is 0 Å². The third kappa shape index (κ3) is 2.74. The van der Waals surface area contributed by atoms with Crippen molar-refractivity contribution in [1.82, 2.24) is 19.9 Å². The SMILES string of the molecule is Cc1c([C@H]2CN(C)C[C@@H]2C(=O)Nc2ccccc2)nnn1C. The zero-order chi connectivity index (χ0) is 15.7. The molecule has 1 aliphatic heterocycles. The lowest BCUT2D eigenvalue weighted by Gasteiger charge is -2.17. The summed E-state index contributed by atoms with van der Waals surface area (Å²) < 4.78 is 1.76. The Bertz CT molecular complexity index is 666. The van der Waals surface area contributed by atoms with E-state index in [9.17, 15) is 4.79 Å². The number of likely N-dealkylation sites (N-methyl/N-ethyl adjacent to an activating group) is 1. The number of benzene rings is 1. The first-order valence-electron chi connectivity index (χ1n) is 7.47. The van der Waals surface area contributed by atoms with Crippen LogP contribution in [0.2, 0.25) is 0 Å². The van der Waals surface area contributed by atoms with Gasteiger partial charge in [0.1, 0.15) is 0 Å². The summed E-state index contributed by atoms with van der Waals surface area (Å²) in [5.41, 5.74) is 2.79. The smallest absolute Gasteiger partial charge is 0.229 e. The normalized spacial score (nSPS) is 22.0. The predicted octanol–water partition coefficient (Wildman–Crippen LogP) is 1.41. The van der Waals surface area contributed by atoms with Crippen molar-refractivity contribution >= 4 is 11.6 Å². The van der Waals surface area contributed by atoms with Crippen molar-refractivity contribution in [3.8, 4) is 0 Å². The number of para-hydroxylation sites is 1. The Labute approximate surface area is 130 Å². The zero-order valence-corrected chi connectivity index (χ0v) is 13.2. The first-order chi connectivity index (χ1) is 10.6. The van der Waals surface area contributed by atoms with E-state index in [1.54, 1.807) is 4.68 Å². The maximum Gasteiger partial charge on any atom is 0.229 e. The molecule has 1 aromatic carbocycles. The van der Waals surface area contributed by atoms with Crippen LogP contribution in [-0.2, 0) is 11.8 Å². The van der Waals surface area contributed by atoms with Crippen LogP contribution in [0.1, 0.15) is 17.3 Å². The number of rotatable bonds is 3. The number of nitrogens with zero attached hydrogens (tertiary/aromatic N) is 4. The summed E-state index contributed by atoms with van der Waals surface area (Å²) in [6.45, 7) is 3.56. The summed E-state index contributed by atoms with van der Waals surface area (Å²) >= 11 is 0. The van der Waals surface area contributed by atoms with Crippen LogP contribution in [0, 0.1) is 12.8 Å². The number of anilines is 1. The summed E-state index contributed by atoms with van der Waals surface area (Å²) in [6.07, 6.45) is 0. The molecular weight excluding hydrogens is 278 g/mol. The minimum absolute atomic E-state index is 0.0469. The molecule has 0 aliphatic carbocycles. The predicted molar refractivity (Wildman–Crippen MR) is 84.5 cm³/mol. The van der Waals surface area contributed by atoms with Crippen LogP contribution in [0.3, 0.4) is 0 Å². The molecule has 1 aromatic heterocycles. The third-order valence-corrected chi connectivity index (χ3v) is 4.37. The monoisotopic (exact) mass is 299 g/mol. The minimum Gasteiger partial charge on any atom is -0.326 e. The molecule has 1 aliphatic rings. The third-order valence-electron chi connectivity index (χ3n) is 4.37. The van der Waals surface area contributed by atoms with Gasteiger partial charge in [-0.25, -0.2) is 0 Å². The Morgan fingerprint density at radius 2 is 1.95 bits per heavy atom. The summed E-state index contributed by atoms with van der Waals surface area (Å²) in [5.74, 6) is 0.0219. The number of aryl methyl sites for hydroxylation is 1. The molecule has 2 atom stereocenters. The summed E-state index contributed by atoms with van der Waals surface area (Å²) in [5, 5.41) is 11.4. The fourth-order valence-electron chi connectivity index (χ4n) is 3.06. The van der Waals surface area contributed by atoms with Gasteiger partial charge in [-0.1, -0.05) is 23.4 Å². The van der Waals surface area contributed by atoms with Gasteiger partial charge in [0.05, 0.1) is 17.3 Å². The molecule has 3 rings (SSSR count). The molecular formula is C16H21N5O. The largest absolute Gasteiger partial charge is 0.326 e. The van der Waals surface area contributed by atoms with E-state index in [-0.39, 0.29) is 17.7 Å². The van der Waals surface area contributed by atoms with Crippen molar-refractivity contribution in [3.63, 3.8) is 0 Å². The number of likely N-dealkylation sites (tertiary alicyclic amines) is 1. The maximum absolute atomic E-state index is 12.7. The Kier molecular flexibility index (Phi) is 3.94. The Morgan fingerprint density at radius 3 is 2.59 bits per heavy atom. The van der Waals surface area contributed by atoms with Gasteiger partial charge in [0.15, 0.2) is 0 Å². The van der Waals surface area contributed by atoms with Crippen molar-refractivity contribution in [2.45, 2.75) is 12.8 Å². The van der Waals surface area contributed by atoms with E-state index in [2.05, 4.69) is 20.5 Å². The van der Waals surface area contributed by atoms with Gasteiger partial charge in [0.2, 0.25) is 5.91 Å². The molecule has 6 heteroatoms. The Morgan fingerprint density at radius 1 is 1.23 bits per heavy atom. The highest BCUT2D eigenvalue weighted by Gasteiger charge is 2.39. The fraction of sp³-hybridized carbons (Fsp3) is 0.438. The molecule has 0 bridgehead atoms. The second-order valence-corrected chi connectivity index (χ2v) is 5.97. The minimum atomic E-state index is -0.111. The van der Waals surface area contributed by atoms with Gasteiger partial charge < -0.3 is 10.2 Å². The van der Waals surface area contributed by atoms with Crippen molar-refractivity contribution in [3.05, 3.63) is 41.7 Å². The Balaban J connectivity index is 1.81. The molecule has 6 nitrogen and oxygen atoms in total. The molecule has 2 aromatic rings. The standard InChI is InChI=1S/C16H21N5O/c1-11-15(18-19-21(11)3)13-9-20(2)10-14(13)16(22)17-12-7-5-4-6-8-12/h4-8,13-14H,9-10H2,1-3H3,(H,17,22)/t13-,14-/m0/s1. The Hall–Kier alpha value is -2.21. The van der Waals surface area contributed by atoms with Crippen molar-refractivity contribution in [2.24, 2.45) is 13.0 Å². The number of carbonyl (C=O) groups excluding carboxylic acids is 1. The lowest BCUT2D eigenvalue weighted by Crippen LogP contribution is -2.28. The lowest BCUT2D eigenvalue weighted by atomic mass is 9.91. The van der Waals surface area contributed by atoms with E-state index < -0.39 is 0 Å². The number of amides is 1. The van der Waals surface area contributed by atoms with E-state index in [4.69, 9.17) is 0 Å². The first kappa shape index (κ1) is 14.7. The van der Waals surface area contributed by atoms with Gasteiger partial charge in [0, 0.05) is 31.7 Å². The molecule has 0 radical (unpaired) electrons. The van der Waals surface area contributed by atoms with E-state index in [0.29, 0.717) is 0 Å². The highest BCUT2D eigenvalue weighted by molar-refractivity contribution is 5.93. The first-order valence-corrected chi connectivity index (χ1v) is 7.47. The van der Waals surface area contributed by atoms with Gasteiger partial charge >= 0.3 is 0 Å². The quantitative estimate of drug-likeness (QED) is 0.931.